The lowest BCUT2D eigenvalue weighted by atomic mass is 9.82. The van der Waals surface area contributed by atoms with Crippen molar-refractivity contribution >= 4 is 5.97 Å². The standard InChI is InChI=1S/C13H12FNO3/c1-13(2,8-5-3-4-6-9(8)14)11-7-10(12(16)17)15-18-11/h3-7H,1-2H3,(H,16,17). The summed E-state index contributed by atoms with van der Waals surface area (Å²) in [6, 6.07) is 7.62. The van der Waals surface area contributed by atoms with Crippen molar-refractivity contribution in [1.82, 2.24) is 5.16 Å². The number of nitrogens with zero attached hydrogens (tertiary/aromatic N) is 1. The van der Waals surface area contributed by atoms with E-state index in [1.807, 2.05) is 0 Å². The molecule has 1 N–H and O–H groups in total. The summed E-state index contributed by atoms with van der Waals surface area (Å²) in [5.41, 5.74) is -0.543. The highest BCUT2D eigenvalue weighted by molar-refractivity contribution is 5.85. The second kappa shape index (κ2) is 4.25. The maximum Gasteiger partial charge on any atom is 0.358 e. The third kappa shape index (κ3) is 1.99. The topological polar surface area (TPSA) is 63.3 Å². The molecule has 0 radical (unpaired) electrons. The Balaban J connectivity index is 2.47. The summed E-state index contributed by atoms with van der Waals surface area (Å²) in [7, 11) is 0. The zero-order valence-corrected chi connectivity index (χ0v) is 9.98. The van der Waals surface area contributed by atoms with E-state index < -0.39 is 11.4 Å². The first-order valence-corrected chi connectivity index (χ1v) is 5.38. The normalized spacial score (nSPS) is 11.5. The van der Waals surface area contributed by atoms with Crippen LogP contribution in [0.25, 0.3) is 0 Å². The number of aromatic carboxylic acids is 1. The summed E-state index contributed by atoms with van der Waals surface area (Å²) < 4.78 is 18.8. The summed E-state index contributed by atoms with van der Waals surface area (Å²) in [4.78, 5) is 10.7. The zero-order valence-electron chi connectivity index (χ0n) is 9.98. The Morgan fingerprint density at radius 2 is 2.06 bits per heavy atom. The molecule has 0 saturated carbocycles. The van der Waals surface area contributed by atoms with Gasteiger partial charge in [0.2, 0.25) is 0 Å². The number of benzene rings is 1. The summed E-state index contributed by atoms with van der Waals surface area (Å²) in [6.45, 7) is 3.50. The van der Waals surface area contributed by atoms with Gasteiger partial charge in [-0.3, -0.25) is 0 Å². The van der Waals surface area contributed by atoms with E-state index in [9.17, 15) is 9.18 Å². The molecule has 2 rings (SSSR count). The molecule has 0 fully saturated rings. The van der Waals surface area contributed by atoms with Crippen LogP contribution in [0.1, 0.15) is 35.7 Å². The van der Waals surface area contributed by atoms with Gasteiger partial charge in [0.1, 0.15) is 11.6 Å². The predicted octanol–water partition coefficient (Wildman–Crippen LogP) is 2.84. The van der Waals surface area contributed by atoms with E-state index in [1.54, 1.807) is 32.0 Å². The van der Waals surface area contributed by atoms with Gasteiger partial charge < -0.3 is 9.63 Å². The molecule has 94 valence electrons. The lowest BCUT2D eigenvalue weighted by Gasteiger charge is -2.22. The molecule has 0 aliphatic rings. The monoisotopic (exact) mass is 249 g/mol. The number of carbonyl (C=O) groups is 1. The number of hydrogen-bond donors (Lipinski definition) is 1. The molecule has 0 aliphatic carbocycles. The van der Waals surface area contributed by atoms with Crippen molar-refractivity contribution in [2.75, 3.05) is 0 Å². The van der Waals surface area contributed by atoms with E-state index in [-0.39, 0.29) is 11.5 Å². The molecule has 1 heterocycles. The predicted molar refractivity (Wildman–Crippen MR) is 62.0 cm³/mol. The van der Waals surface area contributed by atoms with Crippen LogP contribution in [0.5, 0.6) is 0 Å². The third-order valence-corrected chi connectivity index (χ3v) is 2.89. The van der Waals surface area contributed by atoms with Gasteiger partial charge in [0.05, 0.1) is 5.41 Å². The van der Waals surface area contributed by atoms with Crippen molar-refractivity contribution in [2.24, 2.45) is 0 Å². The number of halogens is 1. The molecule has 5 heteroatoms. The van der Waals surface area contributed by atoms with E-state index in [4.69, 9.17) is 9.63 Å². The molecule has 0 aliphatic heterocycles. The van der Waals surface area contributed by atoms with E-state index >= 15 is 0 Å². The molecule has 18 heavy (non-hydrogen) atoms. The van der Waals surface area contributed by atoms with Crippen molar-refractivity contribution in [2.45, 2.75) is 19.3 Å². The summed E-state index contributed by atoms with van der Waals surface area (Å²) >= 11 is 0. The molecule has 0 unspecified atom stereocenters. The van der Waals surface area contributed by atoms with Gasteiger partial charge in [-0.15, -0.1) is 0 Å². The Kier molecular flexibility index (Phi) is 2.90. The summed E-state index contributed by atoms with van der Waals surface area (Å²) in [6.07, 6.45) is 0. The summed E-state index contributed by atoms with van der Waals surface area (Å²) in [5, 5.41) is 12.2. The number of carboxylic acid groups (broad SMARTS) is 1. The van der Waals surface area contributed by atoms with Crippen molar-refractivity contribution < 1.29 is 18.8 Å². The van der Waals surface area contributed by atoms with Crippen LogP contribution in [-0.2, 0) is 5.41 Å². The minimum atomic E-state index is -1.17. The average Bonchev–Trinajstić information content (AvgIpc) is 2.79. The van der Waals surface area contributed by atoms with Crippen molar-refractivity contribution in [1.29, 1.82) is 0 Å². The highest BCUT2D eigenvalue weighted by atomic mass is 19.1. The molecular formula is C13H12FNO3. The number of rotatable bonds is 3. The van der Waals surface area contributed by atoms with Crippen LogP contribution in [0, 0.1) is 5.82 Å². The fraction of sp³-hybridized carbons (Fsp3) is 0.231. The van der Waals surface area contributed by atoms with Crippen LogP contribution >= 0.6 is 0 Å². The molecular weight excluding hydrogens is 237 g/mol. The van der Waals surface area contributed by atoms with Gasteiger partial charge in [-0.2, -0.15) is 0 Å². The van der Waals surface area contributed by atoms with Crippen LogP contribution in [-0.4, -0.2) is 16.2 Å². The number of aromatic nitrogens is 1. The molecule has 4 nitrogen and oxygen atoms in total. The Morgan fingerprint density at radius 1 is 1.39 bits per heavy atom. The highest BCUT2D eigenvalue weighted by Crippen LogP contribution is 2.33. The average molecular weight is 249 g/mol. The lowest BCUT2D eigenvalue weighted by molar-refractivity contribution is 0.0685. The maximum absolute atomic E-state index is 13.8. The smallest absolute Gasteiger partial charge is 0.358 e. The van der Waals surface area contributed by atoms with Gasteiger partial charge in [0.15, 0.2) is 5.69 Å². The van der Waals surface area contributed by atoms with Gasteiger partial charge in [0, 0.05) is 11.6 Å². The third-order valence-electron chi connectivity index (χ3n) is 2.89. The SMILES string of the molecule is CC(C)(c1cc(C(=O)O)no1)c1ccccc1F. The maximum atomic E-state index is 13.8. The molecule has 1 aromatic heterocycles. The minimum absolute atomic E-state index is 0.186. The molecule has 0 bridgehead atoms. The largest absolute Gasteiger partial charge is 0.476 e. The molecule has 2 aromatic rings. The lowest BCUT2D eigenvalue weighted by Crippen LogP contribution is -2.19. The fourth-order valence-corrected chi connectivity index (χ4v) is 1.77. The van der Waals surface area contributed by atoms with Crippen LogP contribution < -0.4 is 0 Å². The van der Waals surface area contributed by atoms with Crippen LogP contribution in [0.4, 0.5) is 4.39 Å². The Labute approximate surface area is 103 Å². The van der Waals surface area contributed by atoms with E-state index in [0.717, 1.165) is 0 Å². The number of carboxylic acids is 1. The summed E-state index contributed by atoms with van der Waals surface area (Å²) in [5.74, 6) is -1.23. The van der Waals surface area contributed by atoms with Gasteiger partial charge in [-0.1, -0.05) is 23.4 Å². The van der Waals surface area contributed by atoms with Crippen LogP contribution in [0.15, 0.2) is 34.9 Å². The zero-order chi connectivity index (χ0) is 13.3. The van der Waals surface area contributed by atoms with Crippen LogP contribution in [0.2, 0.25) is 0 Å². The van der Waals surface area contributed by atoms with E-state index in [0.29, 0.717) is 11.3 Å². The molecule has 0 spiro atoms. The highest BCUT2D eigenvalue weighted by Gasteiger charge is 2.31. The van der Waals surface area contributed by atoms with Gasteiger partial charge in [0.25, 0.3) is 0 Å². The van der Waals surface area contributed by atoms with Gasteiger partial charge in [-0.25, -0.2) is 9.18 Å². The quantitative estimate of drug-likeness (QED) is 0.908. The van der Waals surface area contributed by atoms with Crippen LogP contribution in [0.3, 0.4) is 0 Å². The second-order valence-electron chi connectivity index (χ2n) is 4.49. The first kappa shape index (κ1) is 12.3. The van der Waals surface area contributed by atoms with Gasteiger partial charge in [-0.05, 0) is 19.9 Å². The second-order valence-corrected chi connectivity index (χ2v) is 4.49. The first-order chi connectivity index (χ1) is 8.43. The van der Waals surface area contributed by atoms with Gasteiger partial charge >= 0.3 is 5.97 Å². The fourth-order valence-electron chi connectivity index (χ4n) is 1.77. The Morgan fingerprint density at radius 3 is 2.61 bits per heavy atom. The van der Waals surface area contributed by atoms with Crippen molar-refractivity contribution in [3.8, 4) is 0 Å². The first-order valence-electron chi connectivity index (χ1n) is 5.38. The Bertz CT molecular complexity index is 589. The Hall–Kier alpha value is -2.17. The van der Waals surface area contributed by atoms with E-state index in [1.165, 1.54) is 12.1 Å². The molecule has 0 amide bonds. The van der Waals surface area contributed by atoms with Crippen molar-refractivity contribution in [3.05, 3.63) is 53.2 Å². The minimum Gasteiger partial charge on any atom is -0.476 e. The van der Waals surface area contributed by atoms with E-state index in [2.05, 4.69) is 5.16 Å². The molecule has 1 aromatic carbocycles. The molecule has 0 atom stereocenters. The van der Waals surface area contributed by atoms with Crippen molar-refractivity contribution in [3.63, 3.8) is 0 Å². The number of hydrogen-bond acceptors (Lipinski definition) is 3. The molecule has 0 saturated heterocycles.